The van der Waals surface area contributed by atoms with Gasteiger partial charge in [-0.25, -0.2) is 8.78 Å². The van der Waals surface area contributed by atoms with Crippen LogP contribution in [0.3, 0.4) is 0 Å². The Hall–Kier alpha value is -4.01. The van der Waals surface area contributed by atoms with Gasteiger partial charge in [-0.15, -0.1) is 11.3 Å². The minimum absolute atomic E-state index is 0.00697. The Labute approximate surface area is 278 Å². The van der Waals surface area contributed by atoms with Crippen molar-refractivity contribution in [1.82, 2.24) is 14.9 Å². The Morgan fingerprint density at radius 2 is 2.04 bits per heavy atom. The van der Waals surface area contributed by atoms with E-state index in [4.69, 9.17) is 36.5 Å². The number of nitriles is 2. The van der Waals surface area contributed by atoms with Crippen molar-refractivity contribution >= 4 is 54.7 Å². The van der Waals surface area contributed by atoms with Crippen LogP contribution in [0.2, 0.25) is 5.02 Å². The maximum Gasteiger partial charge on any atom is 0.319 e. The lowest BCUT2D eigenvalue weighted by Crippen LogP contribution is -2.44. The summed E-state index contributed by atoms with van der Waals surface area (Å²) in [6, 6.07) is 6.54. The number of nitrogen functional groups attached to an aromatic ring is 1. The van der Waals surface area contributed by atoms with Crippen LogP contribution in [-0.4, -0.2) is 72.5 Å². The van der Waals surface area contributed by atoms with E-state index in [1.165, 1.54) is 12.1 Å². The largest absolute Gasteiger partial charge is 0.489 e. The molecule has 0 radical (unpaired) electrons. The number of rotatable bonds is 4. The van der Waals surface area contributed by atoms with E-state index in [9.17, 15) is 14.9 Å². The summed E-state index contributed by atoms with van der Waals surface area (Å²) in [6.45, 7) is 5.44. The Balaban J connectivity index is 1.35. The number of benzene rings is 2. The van der Waals surface area contributed by atoms with Gasteiger partial charge >= 0.3 is 6.01 Å². The van der Waals surface area contributed by atoms with Crippen LogP contribution >= 0.6 is 22.9 Å². The Kier molecular flexibility index (Phi) is 7.30. The number of anilines is 2. The molecule has 0 aliphatic carbocycles. The van der Waals surface area contributed by atoms with Gasteiger partial charge in [0.2, 0.25) is 0 Å². The Morgan fingerprint density at radius 1 is 1.19 bits per heavy atom. The van der Waals surface area contributed by atoms with Gasteiger partial charge < -0.3 is 24.8 Å². The summed E-state index contributed by atoms with van der Waals surface area (Å²) >= 11 is 7.94. The molecule has 3 fully saturated rings. The number of halogens is 3. The fraction of sp³-hybridized carbons (Fsp3) is 0.455. The Bertz CT molecular complexity index is 2050. The number of aromatic nitrogens is 2. The molecular weight excluding hydrogens is 648 g/mol. The minimum atomic E-state index is -0.802. The molecule has 0 bridgehead atoms. The summed E-state index contributed by atoms with van der Waals surface area (Å²) in [4.78, 5) is 13.9. The van der Waals surface area contributed by atoms with Crippen molar-refractivity contribution in [3.63, 3.8) is 0 Å². The number of nitrogens with two attached hydrogens (primary N) is 1. The second-order valence-electron chi connectivity index (χ2n) is 13.0. The van der Waals surface area contributed by atoms with Crippen molar-refractivity contribution in [2.75, 3.05) is 56.7 Å². The van der Waals surface area contributed by atoms with Gasteiger partial charge in [-0.1, -0.05) is 24.6 Å². The van der Waals surface area contributed by atoms with E-state index >= 15 is 4.39 Å². The predicted molar refractivity (Wildman–Crippen MR) is 174 cm³/mol. The average molecular weight is 678 g/mol. The molecule has 0 saturated carbocycles. The molecule has 8 rings (SSSR count). The third kappa shape index (κ3) is 4.66. The quantitative estimate of drug-likeness (QED) is 0.279. The number of ether oxygens (including phenoxy) is 3. The molecule has 2 aromatic carbocycles. The molecule has 3 saturated heterocycles. The van der Waals surface area contributed by atoms with Gasteiger partial charge in [0.25, 0.3) is 0 Å². The standard InChI is InChI=1S/C33H30ClF2N7O3S/c1-16-7-33(5-2-6-42(33)10-16)15-46-32-40-27-24-28(45-14-18-13-44-12-17(8-37)11-43(18)31(24)41-32)25(34)23(26(27)36)19-3-4-21(35)29-22(19)20(9-38)30(39)47-29/h3-4,16-18H,2,5-7,10-15,39H2,1H3/t16-,17?,18?,33+/m1/s1. The van der Waals surface area contributed by atoms with Crippen LogP contribution in [0.4, 0.5) is 19.6 Å². The number of thiophene rings is 1. The van der Waals surface area contributed by atoms with Gasteiger partial charge in [0.15, 0.2) is 11.6 Å². The van der Waals surface area contributed by atoms with Gasteiger partial charge in [-0.2, -0.15) is 20.5 Å². The molecule has 0 amide bonds. The molecule has 0 spiro atoms. The highest BCUT2D eigenvalue weighted by Gasteiger charge is 2.48. The van der Waals surface area contributed by atoms with Crippen LogP contribution in [0.25, 0.3) is 32.1 Å². The fourth-order valence-corrected chi connectivity index (χ4v) is 9.22. The second-order valence-corrected chi connectivity index (χ2v) is 14.4. The molecule has 4 atom stereocenters. The van der Waals surface area contributed by atoms with Crippen LogP contribution in [0.15, 0.2) is 12.1 Å². The first-order chi connectivity index (χ1) is 22.7. The molecule has 2 unspecified atom stereocenters. The summed E-state index contributed by atoms with van der Waals surface area (Å²) in [5.74, 6) is -0.851. The van der Waals surface area contributed by atoms with Crippen molar-refractivity contribution in [2.24, 2.45) is 11.8 Å². The Morgan fingerprint density at radius 3 is 2.85 bits per heavy atom. The summed E-state index contributed by atoms with van der Waals surface area (Å²) in [5.41, 5.74) is 5.99. The molecule has 6 heterocycles. The monoisotopic (exact) mass is 677 g/mol. The van der Waals surface area contributed by atoms with Gasteiger partial charge in [-0.3, -0.25) is 4.90 Å². The number of hydrogen-bond donors (Lipinski definition) is 1. The zero-order valence-electron chi connectivity index (χ0n) is 25.5. The van der Waals surface area contributed by atoms with Gasteiger partial charge in [0, 0.05) is 24.0 Å². The van der Waals surface area contributed by atoms with E-state index in [0.29, 0.717) is 18.3 Å². The molecule has 242 valence electrons. The first kappa shape index (κ1) is 30.3. The van der Waals surface area contributed by atoms with Crippen molar-refractivity contribution in [3.8, 4) is 35.0 Å². The second kappa shape index (κ2) is 11.3. The molecule has 2 aromatic heterocycles. The van der Waals surface area contributed by atoms with Crippen molar-refractivity contribution < 1.29 is 23.0 Å². The van der Waals surface area contributed by atoms with Crippen molar-refractivity contribution in [3.05, 3.63) is 34.4 Å². The fourth-order valence-electron chi connectivity index (χ4n) is 7.94. The van der Waals surface area contributed by atoms with Crippen molar-refractivity contribution in [2.45, 2.75) is 37.8 Å². The number of fused-ring (bicyclic) bond motifs is 4. The SMILES string of the molecule is C[C@H]1CN2CCC[C@@]2(COc2nc3c4c(c(Cl)c(-c5ccc(F)c6sc(N)c(C#N)c56)c(F)c4n2)OCC2COCC(C#N)CN32)C1. The molecule has 10 nitrogen and oxygen atoms in total. The van der Waals surface area contributed by atoms with Crippen molar-refractivity contribution in [1.29, 1.82) is 10.5 Å². The maximum absolute atomic E-state index is 17.2. The first-order valence-electron chi connectivity index (χ1n) is 15.6. The highest BCUT2D eigenvalue weighted by Crippen LogP contribution is 2.51. The molecule has 4 aliphatic rings. The smallest absolute Gasteiger partial charge is 0.319 e. The number of hydrogen-bond acceptors (Lipinski definition) is 11. The third-order valence-electron chi connectivity index (χ3n) is 9.98. The van der Waals surface area contributed by atoms with E-state index in [-0.39, 0.29) is 97.4 Å². The van der Waals surface area contributed by atoms with E-state index < -0.39 is 17.6 Å². The van der Waals surface area contributed by atoms with Crippen LogP contribution in [-0.2, 0) is 4.74 Å². The zero-order chi connectivity index (χ0) is 32.6. The highest BCUT2D eigenvalue weighted by atomic mass is 35.5. The van der Waals surface area contributed by atoms with E-state index in [2.05, 4.69) is 22.9 Å². The first-order valence-corrected chi connectivity index (χ1v) is 16.8. The summed E-state index contributed by atoms with van der Waals surface area (Å²) in [5, 5.41) is 20.2. The summed E-state index contributed by atoms with van der Waals surface area (Å²) < 4.78 is 50.8. The number of nitrogens with zero attached hydrogens (tertiary/aromatic N) is 6. The molecule has 2 N–H and O–H groups in total. The van der Waals surface area contributed by atoms with Crippen LogP contribution in [0, 0.1) is 46.1 Å². The highest BCUT2D eigenvalue weighted by molar-refractivity contribution is 7.23. The van der Waals surface area contributed by atoms with E-state index in [0.717, 1.165) is 43.7 Å². The summed E-state index contributed by atoms with van der Waals surface area (Å²) in [6.07, 6.45) is 3.05. The topological polar surface area (TPSA) is 134 Å². The normalized spacial score (nSPS) is 25.5. The maximum atomic E-state index is 17.2. The van der Waals surface area contributed by atoms with E-state index in [1.54, 1.807) is 0 Å². The lowest BCUT2D eigenvalue weighted by atomic mass is 9.92. The molecule has 4 aliphatic heterocycles. The third-order valence-corrected chi connectivity index (χ3v) is 11.4. The molecule has 14 heteroatoms. The average Bonchev–Trinajstić information content (AvgIpc) is 3.60. The van der Waals surface area contributed by atoms with Gasteiger partial charge in [-0.05, 0) is 43.4 Å². The summed E-state index contributed by atoms with van der Waals surface area (Å²) in [7, 11) is 0. The molecular formula is C33H30ClF2N7O3S. The van der Waals surface area contributed by atoms with Crippen LogP contribution in [0.5, 0.6) is 11.8 Å². The predicted octanol–water partition coefficient (Wildman–Crippen LogP) is 5.89. The zero-order valence-corrected chi connectivity index (χ0v) is 27.1. The van der Waals surface area contributed by atoms with E-state index in [1.807, 2.05) is 11.0 Å². The molecule has 47 heavy (non-hydrogen) atoms. The minimum Gasteiger partial charge on any atom is -0.489 e. The molecule has 4 aromatic rings. The van der Waals surface area contributed by atoms with Crippen LogP contribution < -0.4 is 20.1 Å². The van der Waals surface area contributed by atoms with Gasteiger partial charge in [0.1, 0.15) is 41.4 Å². The van der Waals surface area contributed by atoms with Gasteiger partial charge in [0.05, 0.1) is 57.5 Å². The lowest BCUT2D eigenvalue weighted by Gasteiger charge is -2.32. The lowest BCUT2D eigenvalue weighted by molar-refractivity contribution is 0.107. The van der Waals surface area contributed by atoms with Crippen LogP contribution in [0.1, 0.15) is 31.7 Å².